The highest BCUT2D eigenvalue weighted by Gasteiger charge is 2.19. The van der Waals surface area contributed by atoms with Crippen molar-refractivity contribution in [1.82, 2.24) is 25.5 Å². The number of H-pyrrole nitrogens is 2. The van der Waals surface area contributed by atoms with Crippen molar-refractivity contribution in [3.05, 3.63) is 46.5 Å². The first kappa shape index (κ1) is 14.0. The molecule has 2 aromatic heterocycles. The molecule has 0 aliphatic carbocycles. The maximum Gasteiger partial charge on any atom is 0.417 e. The summed E-state index contributed by atoms with van der Waals surface area (Å²) in [7, 11) is 0. The summed E-state index contributed by atoms with van der Waals surface area (Å²) in [6.07, 6.45) is 1.49. The lowest BCUT2D eigenvalue weighted by molar-refractivity contribution is -0.139. The van der Waals surface area contributed by atoms with Crippen molar-refractivity contribution < 1.29 is 14.3 Å². The van der Waals surface area contributed by atoms with E-state index in [1.54, 1.807) is 18.2 Å². The molecule has 9 heteroatoms. The molecule has 1 unspecified atom stereocenters. The summed E-state index contributed by atoms with van der Waals surface area (Å²) in [5, 5.41) is 18.5. The van der Waals surface area contributed by atoms with Gasteiger partial charge < -0.3 is 9.52 Å². The molecule has 0 saturated carbocycles. The molecule has 4 N–H and O–H groups in total. The molecule has 0 radical (unpaired) electrons. The van der Waals surface area contributed by atoms with Crippen molar-refractivity contribution in [2.45, 2.75) is 19.0 Å². The summed E-state index contributed by atoms with van der Waals surface area (Å²) in [6, 6.07) is 4.40. The van der Waals surface area contributed by atoms with Crippen molar-refractivity contribution in [3.8, 4) is 0 Å². The zero-order chi connectivity index (χ0) is 15.5. The highest BCUT2D eigenvalue weighted by Crippen LogP contribution is 2.15. The van der Waals surface area contributed by atoms with Crippen molar-refractivity contribution in [3.63, 3.8) is 0 Å². The largest absolute Gasteiger partial charge is 0.480 e. The summed E-state index contributed by atoms with van der Waals surface area (Å²) >= 11 is 0. The van der Waals surface area contributed by atoms with Crippen molar-refractivity contribution in [1.29, 1.82) is 0 Å². The lowest BCUT2D eigenvalue weighted by Gasteiger charge is -2.13. The molecule has 22 heavy (non-hydrogen) atoms. The Labute approximate surface area is 123 Å². The lowest BCUT2D eigenvalue weighted by Crippen LogP contribution is -2.38. The van der Waals surface area contributed by atoms with Gasteiger partial charge in [-0.25, -0.2) is 9.78 Å². The number of carboxylic acid groups (broad SMARTS) is 1. The smallest absolute Gasteiger partial charge is 0.417 e. The molecule has 0 bridgehead atoms. The summed E-state index contributed by atoms with van der Waals surface area (Å²) in [4.78, 5) is 29.0. The van der Waals surface area contributed by atoms with Gasteiger partial charge in [0.25, 0.3) is 0 Å². The normalized spacial score (nSPS) is 12.5. The van der Waals surface area contributed by atoms with E-state index in [2.05, 4.69) is 25.5 Å². The zero-order valence-corrected chi connectivity index (χ0v) is 11.4. The standard InChI is InChI=1S/C13H13N5O4/c19-12(20)9(4-10-15-6-16-18-10)14-5-7-2-1-3-8-11(7)22-13(21)17-8/h1-3,6,9,14H,4-5H2,(H,17,21)(H,19,20)(H,15,16,18). The number of aromatic amines is 2. The number of nitrogens with one attached hydrogen (secondary N) is 3. The van der Waals surface area contributed by atoms with Crippen LogP contribution in [0.25, 0.3) is 11.1 Å². The van der Waals surface area contributed by atoms with Gasteiger partial charge in [-0.3, -0.25) is 20.2 Å². The van der Waals surface area contributed by atoms with Gasteiger partial charge in [-0.15, -0.1) is 0 Å². The second-order valence-corrected chi connectivity index (χ2v) is 4.72. The van der Waals surface area contributed by atoms with Crippen molar-refractivity contribution in [2.24, 2.45) is 0 Å². The van der Waals surface area contributed by atoms with E-state index >= 15 is 0 Å². The zero-order valence-electron chi connectivity index (χ0n) is 11.4. The number of hydrogen-bond acceptors (Lipinski definition) is 6. The van der Waals surface area contributed by atoms with Gasteiger partial charge in [-0.1, -0.05) is 12.1 Å². The minimum Gasteiger partial charge on any atom is -0.480 e. The lowest BCUT2D eigenvalue weighted by atomic mass is 10.1. The van der Waals surface area contributed by atoms with Crippen LogP contribution in [0, 0.1) is 0 Å². The quantitative estimate of drug-likeness (QED) is 0.504. The highest BCUT2D eigenvalue weighted by molar-refractivity contribution is 5.76. The first-order chi connectivity index (χ1) is 10.6. The Morgan fingerprint density at radius 2 is 2.32 bits per heavy atom. The van der Waals surface area contributed by atoms with Gasteiger partial charge >= 0.3 is 11.7 Å². The monoisotopic (exact) mass is 303 g/mol. The Bertz CT molecular complexity index is 836. The molecule has 2 heterocycles. The minimum atomic E-state index is -1.00. The second kappa shape index (κ2) is 5.82. The number of carboxylic acids is 1. The number of para-hydroxylation sites is 1. The first-order valence-electron chi connectivity index (χ1n) is 6.54. The fourth-order valence-corrected chi connectivity index (χ4v) is 2.17. The number of carbonyl (C=O) groups is 1. The van der Waals surface area contributed by atoms with E-state index in [4.69, 9.17) is 4.42 Å². The van der Waals surface area contributed by atoms with E-state index in [1.807, 2.05) is 0 Å². The maximum atomic E-state index is 11.3. The number of aromatic nitrogens is 4. The van der Waals surface area contributed by atoms with Crippen LogP contribution in [0.15, 0.2) is 33.7 Å². The Hall–Kier alpha value is -2.94. The molecular formula is C13H13N5O4. The van der Waals surface area contributed by atoms with E-state index in [0.717, 1.165) is 0 Å². The molecule has 0 spiro atoms. The number of fused-ring (bicyclic) bond motifs is 1. The van der Waals surface area contributed by atoms with Gasteiger partial charge in [0, 0.05) is 18.5 Å². The van der Waals surface area contributed by atoms with Gasteiger partial charge in [0.1, 0.15) is 18.2 Å². The average molecular weight is 303 g/mol. The molecule has 1 atom stereocenters. The number of nitrogens with zero attached hydrogens (tertiary/aromatic N) is 2. The van der Waals surface area contributed by atoms with Crippen LogP contribution >= 0.6 is 0 Å². The fraction of sp³-hybridized carbons (Fsp3) is 0.231. The molecule has 9 nitrogen and oxygen atoms in total. The number of hydrogen-bond donors (Lipinski definition) is 4. The van der Waals surface area contributed by atoms with Crippen LogP contribution in [0.4, 0.5) is 0 Å². The minimum absolute atomic E-state index is 0.169. The number of aliphatic carboxylic acids is 1. The van der Waals surface area contributed by atoms with E-state index in [-0.39, 0.29) is 13.0 Å². The van der Waals surface area contributed by atoms with E-state index in [0.29, 0.717) is 22.5 Å². The van der Waals surface area contributed by atoms with Crippen LogP contribution in [-0.2, 0) is 17.8 Å². The third kappa shape index (κ3) is 2.88. The van der Waals surface area contributed by atoms with Crippen LogP contribution in [0.2, 0.25) is 0 Å². The van der Waals surface area contributed by atoms with Crippen molar-refractivity contribution >= 4 is 17.1 Å². The topological polar surface area (TPSA) is 137 Å². The molecule has 1 aromatic carbocycles. The number of benzene rings is 1. The molecule has 0 aliphatic heterocycles. The van der Waals surface area contributed by atoms with E-state index < -0.39 is 17.8 Å². The molecule has 114 valence electrons. The molecule has 0 saturated heterocycles. The fourth-order valence-electron chi connectivity index (χ4n) is 2.17. The van der Waals surface area contributed by atoms with Crippen molar-refractivity contribution in [2.75, 3.05) is 0 Å². The average Bonchev–Trinajstić information content (AvgIpc) is 3.11. The van der Waals surface area contributed by atoms with Gasteiger partial charge in [0.15, 0.2) is 5.58 Å². The Kier molecular flexibility index (Phi) is 3.71. The predicted octanol–water partition coefficient (Wildman–Crippen LogP) is 0.0247. The highest BCUT2D eigenvalue weighted by atomic mass is 16.4. The molecule has 0 amide bonds. The molecular weight excluding hydrogens is 290 g/mol. The SMILES string of the molecule is O=C(O)C(Cc1ncn[nH]1)NCc1cccc2[nH]c(=O)oc12. The van der Waals surface area contributed by atoms with Crippen LogP contribution < -0.4 is 11.1 Å². The van der Waals surface area contributed by atoms with Crippen LogP contribution in [-0.4, -0.2) is 37.3 Å². The van der Waals surface area contributed by atoms with E-state index in [9.17, 15) is 14.7 Å². The van der Waals surface area contributed by atoms with Gasteiger partial charge in [0.05, 0.1) is 5.52 Å². The molecule has 0 aliphatic rings. The van der Waals surface area contributed by atoms with Crippen LogP contribution in [0.3, 0.4) is 0 Å². The van der Waals surface area contributed by atoms with Gasteiger partial charge in [-0.2, -0.15) is 5.10 Å². The number of rotatable bonds is 6. The summed E-state index contributed by atoms with van der Waals surface area (Å²) in [6.45, 7) is 0.239. The molecule has 0 fully saturated rings. The van der Waals surface area contributed by atoms with Gasteiger partial charge in [0.2, 0.25) is 0 Å². The van der Waals surface area contributed by atoms with Gasteiger partial charge in [-0.05, 0) is 6.07 Å². The Morgan fingerprint density at radius 1 is 1.45 bits per heavy atom. The molecule has 3 rings (SSSR count). The summed E-state index contributed by atoms with van der Waals surface area (Å²) in [5.74, 6) is -1.07. The second-order valence-electron chi connectivity index (χ2n) is 4.72. The number of oxazole rings is 1. The summed E-state index contributed by atoms with van der Waals surface area (Å²) < 4.78 is 5.07. The molecule has 3 aromatic rings. The first-order valence-corrected chi connectivity index (χ1v) is 6.54. The Balaban J connectivity index is 1.76. The van der Waals surface area contributed by atoms with Crippen LogP contribution in [0.5, 0.6) is 0 Å². The predicted molar refractivity (Wildman–Crippen MR) is 75.2 cm³/mol. The Morgan fingerprint density at radius 3 is 3.05 bits per heavy atom. The third-order valence-corrected chi connectivity index (χ3v) is 3.23. The van der Waals surface area contributed by atoms with E-state index in [1.165, 1.54) is 6.33 Å². The summed E-state index contributed by atoms with van der Waals surface area (Å²) in [5.41, 5.74) is 1.69. The third-order valence-electron chi connectivity index (χ3n) is 3.23. The van der Waals surface area contributed by atoms with Crippen LogP contribution in [0.1, 0.15) is 11.4 Å². The maximum absolute atomic E-state index is 11.3.